The Morgan fingerprint density at radius 2 is 2.00 bits per heavy atom. The van der Waals surface area contributed by atoms with E-state index in [9.17, 15) is 0 Å². The van der Waals surface area contributed by atoms with Crippen molar-refractivity contribution < 1.29 is 12.7 Å². The molecule has 0 fully saturated rings. The van der Waals surface area contributed by atoms with Gasteiger partial charge in [-0.25, -0.2) is 0 Å². The summed E-state index contributed by atoms with van der Waals surface area (Å²) in [5.74, 6) is 0. The van der Waals surface area contributed by atoms with Gasteiger partial charge in [-0.15, -0.1) is 0 Å². The zero-order valence-corrected chi connectivity index (χ0v) is 7.58. The van der Waals surface area contributed by atoms with E-state index >= 15 is 0 Å². The van der Waals surface area contributed by atoms with Crippen molar-refractivity contribution in [1.82, 2.24) is 0 Å². The molecule has 0 radical (unpaired) electrons. The Morgan fingerprint density at radius 3 is 2.44 bits per heavy atom. The van der Waals surface area contributed by atoms with Crippen LogP contribution in [0.15, 0.2) is 24.3 Å². The van der Waals surface area contributed by atoms with Crippen LogP contribution in [-0.4, -0.2) is 0 Å². The topological polar surface area (TPSA) is 0 Å². The zero-order chi connectivity index (χ0) is 6.69. The summed E-state index contributed by atoms with van der Waals surface area (Å²) in [7, 11) is 0. The van der Waals surface area contributed by atoms with Crippen molar-refractivity contribution in [3.8, 4) is 0 Å². The summed E-state index contributed by atoms with van der Waals surface area (Å²) < 4.78 is 1.31. The molecule has 0 heterocycles. The molecule has 0 aliphatic rings. The Kier molecular flexibility index (Phi) is 2.75. The van der Waals surface area contributed by atoms with E-state index in [4.69, 9.17) is 0 Å². The first-order valence-corrected chi connectivity index (χ1v) is 5.54. The third-order valence-corrected chi connectivity index (χ3v) is 2.98. The predicted molar refractivity (Wildman–Crippen MR) is 39.7 cm³/mol. The molecule has 0 saturated carbocycles. The maximum atomic E-state index is 3.35. The number of hydrogen-bond acceptors (Lipinski definition) is 0. The van der Waals surface area contributed by atoms with E-state index < -0.39 is 0 Å². The average Bonchev–Trinajstić information content (AvgIpc) is 1.89. The van der Waals surface area contributed by atoms with Crippen LogP contribution >= 0.6 is 14.2 Å². The molecular formula is C7H7BrNi. The van der Waals surface area contributed by atoms with Gasteiger partial charge in [0.15, 0.2) is 0 Å². The summed E-state index contributed by atoms with van der Waals surface area (Å²) in [6.07, 6.45) is 0. The first-order valence-electron chi connectivity index (χ1n) is 2.60. The van der Waals surface area contributed by atoms with Gasteiger partial charge in [0, 0.05) is 0 Å². The van der Waals surface area contributed by atoms with Gasteiger partial charge in [-0.1, -0.05) is 0 Å². The van der Waals surface area contributed by atoms with Crippen LogP contribution in [-0.2, 0) is 12.7 Å². The molecule has 0 saturated heterocycles. The molecule has 0 aliphatic carbocycles. The van der Waals surface area contributed by atoms with E-state index in [0.29, 0.717) is 0 Å². The second-order valence-electron chi connectivity index (χ2n) is 1.78. The third-order valence-electron chi connectivity index (χ3n) is 1.11. The fourth-order valence-electron chi connectivity index (χ4n) is 0.607. The van der Waals surface area contributed by atoms with Gasteiger partial charge in [0.1, 0.15) is 0 Å². The van der Waals surface area contributed by atoms with Crippen LogP contribution in [0.3, 0.4) is 0 Å². The Balaban J connectivity index is 3.01. The second-order valence-corrected chi connectivity index (χ2v) is 3.53. The van der Waals surface area contributed by atoms with E-state index in [1.165, 1.54) is 22.8 Å². The predicted octanol–water partition coefficient (Wildman–Crippen LogP) is 2.01. The van der Waals surface area contributed by atoms with Crippen LogP contribution < -0.4 is 4.53 Å². The molecule has 2 heteroatoms. The van der Waals surface area contributed by atoms with Crippen LogP contribution in [0, 0.1) is 6.92 Å². The van der Waals surface area contributed by atoms with Crippen molar-refractivity contribution >= 4 is 18.8 Å². The molecule has 9 heavy (non-hydrogen) atoms. The van der Waals surface area contributed by atoms with Crippen molar-refractivity contribution in [2.24, 2.45) is 0 Å². The summed E-state index contributed by atoms with van der Waals surface area (Å²) in [4.78, 5) is 0. The molecule has 0 nitrogen and oxygen atoms in total. The standard InChI is InChI=1S/C7H7.BrH.Ni/c1-7-5-3-2-4-6-7;;/h2-5H,1H3;1H;/q;;+1/p-1. The molecular weight excluding hydrogens is 223 g/mol. The molecule has 0 aromatic heterocycles. The van der Waals surface area contributed by atoms with Crippen molar-refractivity contribution in [2.45, 2.75) is 6.92 Å². The Hall–Kier alpha value is 0.194. The van der Waals surface area contributed by atoms with Gasteiger partial charge in [0.05, 0.1) is 0 Å². The van der Waals surface area contributed by atoms with Gasteiger partial charge in [-0.3, -0.25) is 0 Å². The SMILES string of the molecule is Cc1cccc[c]1[Ni][Br]. The number of hydrogen-bond donors (Lipinski definition) is 0. The molecule has 1 aromatic carbocycles. The van der Waals surface area contributed by atoms with Gasteiger partial charge in [0.25, 0.3) is 0 Å². The molecule has 52 valence electrons. The van der Waals surface area contributed by atoms with Crippen LogP contribution in [0.5, 0.6) is 0 Å². The molecule has 0 atom stereocenters. The Bertz CT molecular complexity index is 198. The van der Waals surface area contributed by atoms with Gasteiger partial charge in [-0.05, 0) is 0 Å². The first kappa shape index (κ1) is 7.30. The molecule has 0 aliphatic heterocycles. The Labute approximate surface area is 68.2 Å². The number of benzene rings is 1. The van der Waals surface area contributed by atoms with Crippen LogP contribution in [0.25, 0.3) is 0 Å². The Morgan fingerprint density at radius 1 is 1.33 bits per heavy atom. The molecule has 0 spiro atoms. The molecule has 1 rings (SSSR count). The molecule has 0 N–H and O–H groups in total. The van der Waals surface area contributed by atoms with E-state index in [-0.39, 0.29) is 0 Å². The summed E-state index contributed by atoms with van der Waals surface area (Å²) in [5.41, 5.74) is 1.33. The van der Waals surface area contributed by atoms with Crippen molar-refractivity contribution in [3.63, 3.8) is 0 Å². The summed E-state index contributed by atoms with van der Waals surface area (Å²) in [6, 6.07) is 8.30. The normalized spacial score (nSPS) is 10.0. The van der Waals surface area contributed by atoms with Gasteiger partial charge < -0.3 is 0 Å². The van der Waals surface area contributed by atoms with Crippen LogP contribution in [0.1, 0.15) is 5.56 Å². The molecule has 1 aromatic rings. The van der Waals surface area contributed by atoms with Crippen molar-refractivity contribution in [2.75, 3.05) is 0 Å². The van der Waals surface area contributed by atoms with Crippen LogP contribution in [0.4, 0.5) is 0 Å². The maximum absolute atomic E-state index is 3.35. The van der Waals surface area contributed by atoms with Crippen molar-refractivity contribution in [3.05, 3.63) is 29.8 Å². The third kappa shape index (κ3) is 1.81. The van der Waals surface area contributed by atoms with Gasteiger partial charge in [0.2, 0.25) is 0 Å². The van der Waals surface area contributed by atoms with E-state index in [2.05, 4.69) is 33.3 Å². The van der Waals surface area contributed by atoms with E-state index in [1.807, 2.05) is 12.1 Å². The number of aryl methyl sites for hydroxylation is 1. The van der Waals surface area contributed by atoms with Crippen molar-refractivity contribution in [1.29, 1.82) is 0 Å². The molecule has 0 amide bonds. The zero-order valence-electron chi connectivity index (χ0n) is 5.00. The molecule has 0 bridgehead atoms. The second kappa shape index (κ2) is 3.38. The number of rotatable bonds is 1. The van der Waals surface area contributed by atoms with Crippen LogP contribution in [0.2, 0.25) is 0 Å². The van der Waals surface area contributed by atoms with Gasteiger partial charge in [-0.2, -0.15) is 0 Å². The van der Waals surface area contributed by atoms with E-state index in [0.717, 1.165) is 0 Å². The van der Waals surface area contributed by atoms with Gasteiger partial charge >= 0.3 is 68.2 Å². The monoisotopic (exact) mass is 228 g/mol. The quantitative estimate of drug-likeness (QED) is 0.647. The fraction of sp³-hybridized carbons (Fsp3) is 0.143. The summed E-state index contributed by atoms with van der Waals surface area (Å²) in [6.45, 7) is 2.11. The summed E-state index contributed by atoms with van der Waals surface area (Å²) in [5, 5.41) is 0. The minimum atomic E-state index is 1.31. The fourth-order valence-corrected chi connectivity index (χ4v) is 2.15. The summed E-state index contributed by atoms with van der Waals surface area (Å²) >= 11 is 4.79. The average molecular weight is 230 g/mol. The van der Waals surface area contributed by atoms with E-state index in [1.54, 1.807) is 0 Å². The number of halogens is 1. The molecule has 0 unspecified atom stereocenters. The minimum absolute atomic E-state index is 1.31. The first-order chi connectivity index (χ1) is 4.34.